The number of nitrogens with zero attached hydrogens (tertiary/aromatic N) is 1. The number of rotatable bonds is 3. The van der Waals surface area contributed by atoms with Gasteiger partial charge in [0.15, 0.2) is 0 Å². The molecule has 0 heterocycles. The van der Waals surface area contributed by atoms with Gasteiger partial charge in [0.05, 0.1) is 4.92 Å². The number of non-ortho nitro benzene ring substituents is 1. The lowest BCUT2D eigenvalue weighted by Crippen LogP contribution is -2.20. The molecule has 0 amide bonds. The number of carbonyl (C=O) groups excluding carboxylic acids is 1. The Morgan fingerprint density at radius 1 is 1.47 bits per heavy atom. The lowest BCUT2D eigenvalue weighted by Gasteiger charge is -2.14. The van der Waals surface area contributed by atoms with E-state index in [2.05, 4.69) is 4.74 Å². The van der Waals surface area contributed by atoms with E-state index in [9.17, 15) is 14.9 Å². The minimum absolute atomic E-state index is 0.0956. The van der Waals surface area contributed by atoms with E-state index < -0.39 is 14.1 Å². The van der Waals surface area contributed by atoms with E-state index in [-0.39, 0.29) is 11.4 Å². The number of carbonyl (C=O) groups is 1. The van der Waals surface area contributed by atoms with Gasteiger partial charge in [0.25, 0.3) is 5.69 Å². The highest BCUT2D eigenvalue weighted by molar-refractivity contribution is 14.1. The van der Waals surface area contributed by atoms with Crippen molar-refractivity contribution >= 4 is 46.0 Å². The van der Waals surface area contributed by atoms with Crippen LogP contribution in [0, 0.1) is 10.1 Å². The van der Waals surface area contributed by atoms with Gasteiger partial charge in [-0.15, -0.1) is 0 Å². The molecule has 92 valence electrons. The normalized spacial score (nSPS) is 13.6. The van der Waals surface area contributed by atoms with E-state index in [0.29, 0.717) is 0 Å². The van der Waals surface area contributed by atoms with Gasteiger partial charge in [-0.25, -0.2) is 4.79 Å². The first-order valence-electron chi connectivity index (χ1n) is 4.31. The monoisotopic (exact) mass is 371 g/mol. The van der Waals surface area contributed by atoms with Crippen molar-refractivity contribution < 1.29 is 19.2 Å². The van der Waals surface area contributed by atoms with E-state index in [1.807, 2.05) is 0 Å². The highest BCUT2D eigenvalue weighted by Gasteiger charge is 2.22. The highest BCUT2D eigenvalue weighted by Crippen LogP contribution is 2.26. The van der Waals surface area contributed by atoms with Gasteiger partial charge in [-0.05, 0) is 41.6 Å². The minimum atomic E-state index is -1.20. The molecule has 1 aromatic rings. The summed E-state index contributed by atoms with van der Waals surface area (Å²) in [4.78, 5) is 21.0. The number of halogens is 2. The molecular formula is C9H7ClINO5. The Balaban J connectivity index is 2.64. The Bertz CT molecular complexity index is 428. The van der Waals surface area contributed by atoms with E-state index >= 15 is 0 Å². The van der Waals surface area contributed by atoms with Crippen LogP contribution in [0.15, 0.2) is 24.3 Å². The molecule has 0 saturated carbocycles. The van der Waals surface area contributed by atoms with Gasteiger partial charge in [-0.2, -0.15) is 0 Å². The molecule has 0 fully saturated rings. The number of ether oxygens (including phenoxy) is 2. The summed E-state index contributed by atoms with van der Waals surface area (Å²) in [6, 6.07) is 5.01. The average molecular weight is 372 g/mol. The van der Waals surface area contributed by atoms with E-state index in [1.54, 1.807) is 22.6 Å². The van der Waals surface area contributed by atoms with Crippen LogP contribution in [0.5, 0.6) is 5.75 Å². The molecule has 8 heteroatoms. The van der Waals surface area contributed by atoms with Crippen molar-refractivity contribution in [2.45, 2.75) is 9.99 Å². The number of nitro benzene ring substituents is 1. The number of nitro groups is 1. The van der Waals surface area contributed by atoms with Gasteiger partial charge >= 0.3 is 6.16 Å². The number of alkyl halides is 2. The molecule has 0 aliphatic heterocycles. The summed E-state index contributed by atoms with van der Waals surface area (Å²) in [5.41, 5.74) is -0.0956. The van der Waals surface area contributed by atoms with Gasteiger partial charge < -0.3 is 9.47 Å². The molecule has 0 spiro atoms. The molecule has 17 heavy (non-hydrogen) atoms. The zero-order chi connectivity index (χ0) is 13.1. The first-order valence-corrected chi connectivity index (χ1v) is 5.77. The van der Waals surface area contributed by atoms with Crippen LogP contribution in [0.3, 0.4) is 0 Å². The highest BCUT2D eigenvalue weighted by atomic mass is 127. The van der Waals surface area contributed by atoms with Crippen LogP contribution in [0.4, 0.5) is 10.5 Å². The van der Waals surface area contributed by atoms with Crippen molar-refractivity contribution in [1.82, 2.24) is 0 Å². The third-order valence-electron chi connectivity index (χ3n) is 1.51. The Kier molecular flexibility index (Phi) is 4.52. The van der Waals surface area contributed by atoms with E-state index in [0.717, 1.165) is 0 Å². The fourth-order valence-corrected chi connectivity index (χ4v) is 1.14. The second kappa shape index (κ2) is 5.50. The summed E-state index contributed by atoms with van der Waals surface area (Å²) in [6.45, 7) is 1.46. The quantitative estimate of drug-likeness (QED) is 0.203. The Morgan fingerprint density at radius 3 is 2.41 bits per heavy atom. The maximum Gasteiger partial charge on any atom is 0.516 e. The average Bonchev–Trinajstić information content (AvgIpc) is 2.15. The third kappa shape index (κ3) is 5.18. The molecular weight excluding hydrogens is 364 g/mol. The third-order valence-corrected chi connectivity index (χ3v) is 1.81. The fourth-order valence-electron chi connectivity index (χ4n) is 0.899. The summed E-state index contributed by atoms with van der Waals surface area (Å²) >= 11 is 7.34. The van der Waals surface area contributed by atoms with Gasteiger partial charge in [0, 0.05) is 12.1 Å². The zero-order valence-electron chi connectivity index (χ0n) is 8.55. The summed E-state index contributed by atoms with van der Waals surface area (Å²) in [7, 11) is 0. The van der Waals surface area contributed by atoms with Crippen molar-refractivity contribution in [2.75, 3.05) is 0 Å². The molecule has 1 unspecified atom stereocenters. The second-order valence-electron chi connectivity index (χ2n) is 3.01. The smallest absolute Gasteiger partial charge is 0.402 e. The van der Waals surface area contributed by atoms with Gasteiger partial charge in [-0.3, -0.25) is 10.1 Å². The van der Waals surface area contributed by atoms with Crippen LogP contribution < -0.4 is 4.74 Å². The van der Waals surface area contributed by atoms with Crippen molar-refractivity contribution in [3.8, 4) is 5.75 Å². The van der Waals surface area contributed by atoms with Crippen LogP contribution in [0.1, 0.15) is 6.92 Å². The summed E-state index contributed by atoms with van der Waals surface area (Å²) in [5, 5.41) is 10.4. The molecule has 0 radical (unpaired) electrons. The number of benzene rings is 1. The Hall–Kier alpha value is -1.09. The van der Waals surface area contributed by atoms with Crippen LogP contribution in [-0.4, -0.2) is 14.1 Å². The Labute approximate surface area is 115 Å². The molecule has 0 N–H and O–H groups in total. The summed E-state index contributed by atoms with van der Waals surface area (Å²) in [6.07, 6.45) is -0.981. The predicted molar refractivity (Wildman–Crippen MR) is 68.5 cm³/mol. The topological polar surface area (TPSA) is 78.7 Å². The molecule has 1 rings (SSSR count). The summed E-state index contributed by atoms with van der Waals surface area (Å²) < 4.78 is 8.23. The molecule has 1 aromatic carbocycles. The maximum absolute atomic E-state index is 11.2. The molecule has 6 nitrogen and oxygen atoms in total. The maximum atomic E-state index is 11.2. The SMILES string of the molecule is CC(Cl)(I)OC(=O)Oc1ccc([N+](=O)[O-])cc1. The van der Waals surface area contributed by atoms with E-state index in [1.165, 1.54) is 31.2 Å². The van der Waals surface area contributed by atoms with Gasteiger partial charge in [0.2, 0.25) is 3.07 Å². The predicted octanol–water partition coefficient (Wildman–Crippen LogP) is 3.46. The van der Waals surface area contributed by atoms with Crippen LogP contribution >= 0.6 is 34.2 Å². The second-order valence-corrected chi connectivity index (χ2v) is 6.43. The molecule has 0 aliphatic carbocycles. The fraction of sp³-hybridized carbons (Fsp3) is 0.222. The largest absolute Gasteiger partial charge is 0.516 e. The van der Waals surface area contributed by atoms with Crippen LogP contribution in [0.2, 0.25) is 0 Å². The van der Waals surface area contributed by atoms with Crippen molar-refractivity contribution in [3.05, 3.63) is 34.4 Å². The first-order chi connectivity index (χ1) is 7.78. The molecule has 1 atom stereocenters. The number of hydrogen-bond donors (Lipinski definition) is 0. The standard InChI is InChI=1S/C9H7ClINO5/c1-9(10,11)17-8(13)16-7-4-2-6(3-5-7)12(14)15/h2-5H,1H3. The van der Waals surface area contributed by atoms with Gasteiger partial charge in [0.1, 0.15) is 5.75 Å². The van der Waals surface area contributed by atoms with Crippen LogP contribution in [-0.2, 0) is 4.74 Å². The molecule has 0 saturated heterocycles. The summed E-state index contributed by atoms with van der Waals surface area (Å²) in [5.74, 6) is 0.137. The van der Waals surface area contributed by atoms with E-state index in [4.69, 9.17) is 16.3 Å². The lowest BCUT2D eigenvalue weighted by molar-refractivity contribution is -0.384. The molecule has 0 aliphatic rings. The van der Waals surface area contributed by atoms with Crippen molar-refractivity contribution in [1.29, 1.82) is 0 Å². The number of hydrogen-bond acceptors (Lipinski definition) is 5. The lowest BCUT2D eigenvalue weighted by atomic mass is 10.3. The molecule has 0 bridgehead atoms. The zero-order valence-corrected chi connectivity index (χ0v) is 11.5. The molecule has 0 aromatic heterocycles. The van der Waals surface area contributed by atoms with Crippen molar-refractivity contribution in [2.24, 2.45) is 0 Å². The van der Waals surface area contributed by atoms with Crippen LogP contribution in [0.25, 0.3) is 0 Å². The minimum Gasteiger partial charge on any atom is -0.402 e. The van der Waals surface area contributed by atoms with Crippen molar-refractivity contribution in [3.63, 3.8) is 0 Å². The Morgan fingerprint density at radius 2 is 2.00 bits per heavy atom. The van der Waals surface area contributed by atoms with Gasteiger partial charge in [-0.1, -0.05) is 11.6 Å². The first kappa shape index (κ1) is 14.0.